The van der Waals surface area contributed by atoms with Crippen LogP contribution in [0.5, 0.6) is 0 Å². The fraction of sp³-hybridized carbons (Fsp3) is 0. The number of para-hydroxylation sites is 2. The summed E-state index contributed by atoms with van der Waals surface area (Å²) in [6.07, 6.45) is 0. The summed E-state index contributed by atoms with van der Waals surface area (Å²) in [6.45, 7) is 0. The van der Waals surface area contributed by atoms with E-state index in [2.05, 4.69) is 5.43 Å². The van der Waals surface area contributed by atoms with Crippen LogP contribution in [0.3, 0.4) is 0 Å². The molecule has 0 radical (unpaired) electrons. The summed E-state index contributed by atoms with van der Waals surface area (Å²) in [5, 5.41) is 1.54. The van der Waals surface area contributed by atoms with Crippen LogP contribution in [0.1, 0.15) is 0 Å². The first-order chi connectivity index (χ1) is 13.8. The first-order valence-electron chi connectivity index (χ1n) is 9.17. The lowest BCUT2D eigenvalue weighted by Gasteiger charge is -2.35. The lowest BCUT2D eigenvalue weighted by atomic mass is 10.3. The molecule has 0 unspecified atom stereocenters. The Morgan fingerprint density at radius 1 is 0.536 bits per heavy atom. The van der Waals surface area contributed by atoms with Gasteiger partial charge in [0, 0.05) is 10.6 Å². The zero-order chi connectivity index (χ0) is 19.2. The Morgan fingerprint density at radius 3 is 1.39 bits per heavy atom. The molecule has 0 heterocycles. The number of benzene rings is 4. The van der Waals surface area contributed by atoms with Gasteiger partial charge in [-0.05, 0) is 48.5 Å². The van der Waals surface area contributed by atoms with Crippen molar-refractivity contribution in [1.82, 2.24) is 0 Å². The molecule has 4 aromatic rings. The molecule has 4 heteroatoms. The second kappa shape index (κ2) is 8.16. The molecule has 0 saturated carbocycles. The molecule has 0 aliphatic rings. The van der Waals surface area contributed by atoms with Gasteiger partial charge in [0.25, 0.3) is 0 Å². The van der Waals surface area contributed by atoms with E-state index in [1.165, 1.54) is 0 Å². The van der Waals surface area contributed by atoms with Crippen LogP contribution in [-0.4, -0.2) is 0 Å². The normalized spacial score (nSPS) is 11.0. The average molecular weight is 384 g/mol. The summed E-state index contributed by atoms with van der Waals surface area (Å²) in [7, 11) is -3.20. The van der Waals surface area contributed by atoms with Crippen LogP contribution < -0.4 is 20.8 Å². The summed E-state index contributed by atoms with van der Waals surface area (Å²) >= 11 is 0. The number of hydrazine groups is 1. The third-order valence-corrected chi connectivity index (χ3v) is 7.39. The summed E-state index contributed by atoms with van der Waals surface area (Å²) < 4.78 is 16.6. The van der Waals surface area contributed by atoms with Gasteiger partial charge in [-0.1, -0.05) is 72.8 Å². The SMILES string of the molecule is O=P(c1ccccc1)(c1ccccc1)N(Nc1ccccc1)c1ccccc1. The molecular weight excluding hydrogens is 363 g/mol. The first kappa shape index (κ1) is 18.1. The lowest BCUT2D eigenvalue weighted by Crippen LogP contribution is -2.36. The van der Waals surface area contributed by atoms with E-state index in [4.69, 9.17) is 0 Å². The van der Waals surface area contributed by atoms with Gasteiger partial charge in [-0.3, -0.25) is 9.99 Å². The van der Waals surface area contributed by atoms with Crippen molar-refractivity contribution in [3.8, 4) is 0 Å². The molecule has 1 N–H and O–H groups in total. The van der Waals surface area contributed by atoms with Crippen LogP contribution in [0.2, 0.25) is 0 Å². The van der Waals surface area contributed by atoms with Crippen molar-refractivity contribution in [3.63, 3.8) is 0 Å². The number of hydrogen-bond acceptors (Lipinski definition) is 2. The predicted molar refractivity (Wildman–Crippen MR) is 119 cm³/mol. The fourth-order valence-electron chi connectivity index (χ4n) is 3.14. The molecule has 0 bridgehead atoms. The summed E-state index contributed by atoms with van der Waals surface area (Å²) in [6, 6.07) is 38.9. The molecule has 0 aromatic heterocycles. The Hall–Kier alpha value is -3.29. The van der Waals surface area contributed by atoms with E-state index in [0.29, 0.717) is 0 Å². The monoisotopic (exact) mass is 384 g/mol. The van der Waals surface area contributed by atoms with E-state index >= 15 is 0 Å². The highest BCUT2D eigenvalue weighted by molar-refractivity contribution is 7.80. The summed E-state index contributed by atoms with van der Waals surface area (Å²) in [5.41, 5.74) is 5.11. The smallest absolute Gasteiger partial charge is 0.247 e. The van der Waals surface area contributed by atoms with E-state index in [-0.39, 0.29) is 0 Å². The lowest BCUT2D eigenvalue weighted by molar-refractivity contribution is 0.586. The molecule has 0 aliphatic carbocycles. The zero-order valence-corrected chi connectivity index (χ0v) is 16.2. The topological polar surface area (TPSA) is 32.3 Å². The average Bonchev–Trinajstić information content (AvgIpc) is 2.79. The molecule has 0 amide bonds. The third kappa shape index (κ3) is 3.58. The Morgan fingerprint density at radius 2 is 0.929 bits per heavy atom. The zero-order valence-electron chi connectivity index (χ0n) is 15.3. The van der Waals surface area contributed by atoms with E-state index in [1.54, 1.807) is 0 Å². The second-order valence-corrected chi connectivity index (χ2v) is 8.96. The van der Waals surface area contributed by atoms with E-state index in [0.717, 1.165) is 22.0 Å². The van der Waals surface area contributed by atoms with Gasteiger partial charge in [0.1, 0.15) is 0 Å². The largest absolute Gasteiger partial charge is 0.292 e. The predicted octanol–water partition coefficient (Wildman–Crippen LogP) is 5.45. The third-order valence-electron chi connectivity index (χ3n) is 4.50. The second-order valence-electron chi connectivity index (χ2n) is 6.37. The molecule has 28 heavy (non-hydrogen) atoms. The maximum absolute atomic E-state index is 14.8. The first-order valence-corrected chi connectivity index (χ1v) is 10.8. The van der Waals surface area contributed by atoms with E-state index < -0.39 is 7.29 Å². The quantitative estimate of drug-likeness (QED) is 0.354. The van der Waals surface area contributed by atoms with Crippen LogP contribution in [0, 0.1) is 0 Å². The molecule has 0 spiro atoms. The van der Waals surface area contributed by atoms with Gasteiger partial charge in [0.15, 0.2) is 0 Å². The minimum absolute atomic E-state index is 0.772. The molecule has 4 aromatic carbocycles. The van der Waals surface area contributed by atoms with Crippen LogP contribution in [0.25, 0.3) is 0 Å². The van der Waals surface area contributed by atoms with Crippen molar-refractivity contribution in [2.75, 3.05) is 10.2 Å². The number of nitrogens with one attached hydrogen (secondary N) is 1. The van der Waals surface area contributed by atoms with Crippen molar-refractivity contribution in [3.05, 3.63) is 121 Å². The maximum Gasteiger partial charge on any atom is 0.247 e. The highest BCUT2D eigenvalue weighted by Gasteiger charge is 2.35. The summed E-state index contributed by atoms with van der Waals surface area (Å²) in [5.74, 6) is 0. The highest BCUT2D eigenvalue weighted by atomic mass is 31.2. The minimum atomic E-state index is -3.20. The summed E-state index contributed by atoms with van der Waals surface area (Å²) in [4.78, 5) is 0. The van der Waals surface area contributed by atoms with Crippen molar-refractivity contribution in [2.24, 2.45) is 0 Å². The van der Waals surface area contributed by atoms with Crippen molar-refractivity contribution in [1.29, 1.82) is 0 Å². The van der Waals surface area contributed by atoms with Gasteiger partial charge in [-0.15, -0.1) is 0 Å². The Kier molecular flexibility index (Phi) is 5.27. The number of rotatable bonds is 6. The van der Waals surface area contributed by atoms with Gasteiger partial charge in [0.2, 0.25) is 7.29 Å². The number of hydrogen-bond donors (Lipinski definition) is 1. The maximum atomic E-state index is 14.8. The minimum Gasteiger partial charge on any atom is -0.292 e. The van der Waals surface area contributed by atoms with Gasteiger partial charge < -0.3 is 0 Å². The molecular formula is C24H21N2OP. The highest BCUT2D eigenvalue weighted by Crippen LogP contribution is 2.49. The molecule has 4 rings (SSSR count). The van der Waals surface area contributed by atoms with Crippen LogP contribution in [0.4, 0.5) is 11.4 Å². The van der Waals surface area contributed by atoms with Crippen molar-refractivity contribution >= 4 is 29.3 Å². The van der Waals surface area contributed by atoms with E-state index in [9.17, 15) is 4.57 Å². The molecule has 0 atom stereocenters. The standard InChI is InChI=1S/C24H21N2OP/c27-28(23-17-9-3-10-18-23,24-19-11-4-12-20-24)26(22-15-7-2-8-16-22)25-21-13-5-1-6-14-21/h1-20,25H. The van der Waals surface area contributed by atoms with Crippen LogP contribution in [-0.2, 0) is 4.57 Å². The molecule has 138 valence electrons. The molecule has 3 nitrogen and oxygen atoms in total. The number of anilines is 2. The van der Waals surface area contributed by atoms with Crippen LogP contribution >= 0.6 is 7.29 Å². The Balaban J connectivity index is 1.93. The van der Waals surface area contributed by atoms with E-state index in [1.807, 2.05) is 126 Å². The van der Waals surface area contributed by atoms with Gasteiger partial charge in [0.05, 0.1) is 11.4 Å². The molecule has 0 fully saturated rings. The van der Waals surface area contributed by atoms with Gasteiger partial charge in [-0.2, -0.15) is 0 Å². The van der Waals surface area contributed by atoms with Gasteiger partial charge in [-0.25, -0.2) is 4.78 Å². The van der Waals surface area contributed by atoms with Crippen molar-refractivity contribution in [2.45, 2.75) is 0 Å². The van der Waals surface area contributed by atoms with Crippen molar-refractivity contribution < 1.29 is 4.57 Å². The molecule has 0 aliphatic heterocycles. The van der Waals surface area contributed by atoms with Gasteiger partial charge >= 0.3 is 0 Å². The Labute approximate surface area is 165 Å². The fourth-order valence-corrected chi connectivity index (χ4v) is 5.77. The Bertz CT molecular complexity index is 1010. The van der Waals surface area contributed by atoms with Crippen LogP contribution in [0.15, 0.2) is 121 Å². The molecule has 0 saturated heterocycles. The number of nitrogens with zero attached hydrogens (tertiary/aromatic N) is 1.